The number of rotatable bonds is 5. The van der Waals surface area contributed by atoms with Gasteiger partial charge in [0.1, 0.15) is 5.75 Å². The number of anilines is 1. The van der Waals surface area contributed by atoms with Crippen molar-refractivity contribution in [2.75, 3.05) is 31.5 Å². The number of nitrogens with zero attached hydrogens (tertiary/aromatic N) is 2. The molecule has 0 spiro atoms. The summed E-state index contributed by atoms with van der Waals surface area (Å²) >= 11 is 18.0. The van der Waals surface area contributed by atoms with Gasteiger partial charge in [-0.05, 0) is 49.0 Å². The van der Waals surface area contributed by atoms with E-state index in [0.717, 1.165) is 24.2 Å². The Bertz CT molecular complexity index is 857. The normalized spacial score (nSPS) is 14.9. The number of ether oxygens (including phenoxy) is 1. The summed E-state index contributed by atoms with van der Waals surface area (Å²) in [6.07, 6.45) is 0. The molecule has 3 rings (SSSR count). The minimum absolute atomic E-state index is 0.0694. The molecule has 1 fully saturated rings. The summed E-state index contributed by atoms with van der Waals surface area (Å²) in [7, 11) is 0. The molecule has 156 valence electrons. The first-order chi connectivity index (χ1) is 13.8. The summed E-state index contributed by atoms with van der Waals surface area (Å²) in [4.78, 5) is 4.26. The van der Waals surface area contributed by atoms with E-state index in [1.807, 2.05) is 30.0 Å². The first kappa shape index (κ1) is 22.0. The zero-order chi connectivity index (χ0) is 21.0. The van der Waals surface area contributed by atoms with E-state index in [1.54, 1.807) is 12.1 Å². The van der Waals surface area contributed by atoms with Crippen molar-refractivity contribution in [1.29, 1.82) is 0 Å². The van der Waals surface area contributed by atoms with Crippen LogP contribution in [0.1, 0.15) is 11.1 Å². The SMILES string of the molecule is Cc1ccc(OC(F)F)c(NC(=S)N2CCN(Cc3c(Cl)cccc3Cl)CC2)c1. The number of alkyl halides is 2. The highest BCUT2D eigenvalue weighted by atomic mass is 35.5. The molecule has 1 heterocycles. The van der Waals surface area contributed by atoms with Crippen LogP contribution in [0.2, 0.25) is 10.0 Å². The number of halogens is 4. The Balaban J connectivity index is 1.59. The van der Waals surface area contributed by atoms with Crippen LogP contribution in [0.15, 0.2) is 36.4 Å². The largest absolute Gasteiger partial charge is 0.433 e. The van der Waals surface area contributed by atoms with Crippen molar-refractivity contribution in [2.24, 2.45) is 0 Å². The summed E-state index contributed by atoms with van der Waals surface area (Å²) < 4.78 is 29.9. The molecule has 0 aliphatic carbocycles. The van der Waals surface area contributed by atoms with Crippen LogP contribution >= 0.6 is 35.4 Å². The van der Waals surface area contributed by atoms with Crippen LogP contribution in [0.4, 0.5) is 14.5 Å². The Kier molecular flexibility index (Phi) is 7.51. The summed E-state index contributed by atoms with van der Waals surface area (Å²) in [6, 6.07) is 10.5. The predicted octanol–water partition coefficient (Wildman–Crippen LogP) is 5.42. The first-order valence-corrected chi connectivity index (χ1v) is 10.3. The summed E-state index contributed by atoms with van der Waals surface area (Å²) in [5.74, 6) is 0.0694. The molecule has 0 radical (unpaired) electrons. The molecule has 0 amide bonds. The molecule has 0 bridgehead atoms. The summed E-state index contributed by atoms with van der Waals surface area (Å²) in [6.45, 7) is 2.59. The van der Waals surface area contributed by atoms with Crippen molar-refractivity contribution in [3.63, 3.8) is 0 Å². The van der Waals surface area contributed by atoms with Crippen LogP contribution in [0.25, 0.3) is 0 Å². The van der Waals surface area contributed by atoms with Crippen LogP contribution in [-0.2, 0) is 6.54 Å². The molecule has 2 aromatic carbocycles. The second kappa shape index (κ2) is 9.89. The number of benzene rings is 2. The van der Waals surface area contributed by atoms with Crippen LogP contribution in [0.3, 0.4) is 0 Å². The average molecular weight is 460 g/mol. The second-order valence-corrected chi connectivity index (χ2v) is 7.97. The molecule has 1 N–H and O–H groups in total. The van der Waals surface area contributed by atoms with Crippen molar-refractivity contribution in [1.82, 2.24) is 9.80 Å². The molecule has 9 heteroatoms. The fourth-order valence-electron chi connectivity index (χ4n) is 3.15. The minimum atomic E-state index is -2.90. The molecule has 2 aromatic rings. The maximum Gasteiger partial charge on any atom is 0.387 e. The van der Waals surface area contributed by atoms with E-state index >= 15 is 0 Å². The van der Waals surface area contributed by atoms with Crippen molar-refractivity contribution < 1.29 is 13.5 Å². The molecule has 1 saturated heterocycles. The van der Waals surface area contributed by atoms with Gasteiger partial charge in [-0.15, -0.1) is 0 Å². The van der Waals surface area contributed by atoms with Gasteiger partial charge in [0.2, 0.25) is 0 Å². The van der Waals surface area contributed by atoms with Gasteiger partial charge in [-0.1, -0.05) is 35.3 Å². The molecule has 29 heavy (non-hydrogen) atoms. The lowest BCUT2D eigenvalue weighted by molar-refractivity contribution is -0.0493. The molecule has 1 aliphatic heterocycles. The van der Waals surface area contributed by atoms with E-state index in [0.29, 0.717) is 40.5 Å². The van der Waals surface area contributed by atoms with Crippen LogP contribution in [-0.4, -0.2) is 47.7 Å². The van der Waals surface area contributed by atoms with Gasteiger partial charge in [0, 0.05) is 48.3 Å². The second-order valence-electron chi connectivity index (χ2n) is 6.77. The van der Waals surface area contributed by atoms with Crippen LogP contribution < -0.4 is 10.1 Å². The van der Waals surface area contributed by atoms with Crippen molar-refractivity contribution in [3.05, 3.63) is 57.6 Å². The lowest BCUT2D eigenvalue weighted by Gasteiger charge is -2.36. The number of hydrogen-bond acceptors (Lipinski definition) is 3. The zero-order valence-corrected chi connectivity index (χ0v) is 18.1. The van der Waals surface area contributed by atoms with E-state index in [9.17, 15) is 8.78 Å². The van der Waals surface area contributed by atoms with Crippen molar-refractivity contribution >= 4 is 46.2 Å². The first-order valence-electron chi connectivity index (χ1n) is 9.10. The van der Waals surface area contributed by atoms with E-state index < -0.39 is 6.61 Å². The van der Waals surface area contributed by atoms with Gasteiger partial charge < -0.3 is 15.0 Å². The topological polar surface area (TPSA) is 27.7 Å². The number of hydrogen-bond donors (Lipinski definition) is 1. The monoisotopic (exact) mass is 459 g/mol. The van der Waals surface area contributed by atoms with Gasteiger partial charge in [0.05, 0.1) is 5.69 Å². The highest BCUT2D eigenvalue weighted by Crippen LogP contribution is 2.28. The van der Waals surface area contributed by atoms with Gasteiger partial charge in [-0.2, -0.15) is 8.78 Å². The smallest absolute Gasteiger partial charge is 0.387 e. The molecule has 1 aliphatic rings. The summed E-state index contributed by atoms with van der Waals surface area (Å²) in [5, 5.41) is 4.84. The number of nitrogens with one attached hydrogen (secondary N) is 1. The van der Waals surface area contributed by atoms with Gasteiger partial charge >= 0.3 is 6.61 Å². The fourth-order valence-corrected chi connectivity index (χ4v) is 3.96. The number of piperazine rings is 1. The van der Waals surface area contributed by atoms with E-state index in [-0.39, 0.29) is 5.75 Å². The molecule has 0 unspecified atom stereocenters. The van der Waals surface area contributed by atoms with Crippen LogP contribution in [0, 0.1) is 6.92 Å². The molecular formula is C20H21Cl2F2N3OS. The van der Waals surface area contributed by atoms with Gasteiger partial charge in [0.25, 0.3) is 0 Å². The molecule has 0 saturated carbocycles. The van der Waals surface area contributed by atoms with E-state index in [1.165, 1.54) is 6.07 Å². The van der Waals surface area contributed by atoms with Gasteiger partial charge in [0.15, 0.2) is 5.11 Å². The third kappa shape index (κ3) is 5.92. The minimum Gasteiger partial charge on any atom is -0.433 e. The Morgan fingerprint density at radius 3 is 2.41 bits per heavy atom. The van der Waals surface area contributed by atoms with Crippen molar-refractivity contribution in [2.45, 2.75) is 20.1 Å². The maximum absolute atomic E-state index is 12.7. The molecular weight excluding hydrogens is 439 g/mol. The molecule has 4 nitrogen and oxygen atoms in total. The quantitative estimate of drug-likeness (QED) is 0.602. The Morgan fingerprint density at radius 2 is 1.79 bits per heavy atom. The Labute approximate surface area is 184 Å². The fraction of sp³-hybridized carbons (Fsp3) is 0.350. The standard InChI is InChI=1S/C20H21Cl2F2N3OS/c1-13-5-6-18(28-19(23)24)17(11-13)25-20(29)27-9-7-26(8-10-27)12-14-15(21)3-2-4-16(14)22/h2-6,11,19H,7-10,12H2,1H3,(H,25,29). The Hall–Kier alpha value is -1.67. The lowest BCUT2D eigenvalue weighted by atomic mass is 10.2. The summed E-state index contributed by atoms with van der Waals surface area (Å²) in [5.41, 5.74) is 2.26. The number of thiocarbonyl (C=S) groups is 1. The third-order valence-corrected chi connectivity index (χ3v) is 5.76. The van der Waals surface area contributed by atoms with E-state index in [4.69, 9.17) is 35.4 Å². The number of aryl methyl sites for hydroxylation is 1. The van der Waals surface area contributed by atoms with Crippen molar-refractivity contribution in [3.8, 4) is 5.75 Å². The van der Waals surface area contributed by atoms with Gasteiger partial charge in [-0.3, -0.25) is 4.90 Å². The lowest BCUT2D eigenvalue weighted by Crippen LogP contribution is -2.49. The zero-order valence-electron chi connectivity index (χ0n) is 15.8. The molecule has 0 atom stereocenters. The predicted molar refractivity (Wildman–Crippen MR) is 117 cm³/mol. The third-order valence-electron chi connectivity index (χ3n) is 4.70. The van der Waals surface area contributed by atoms with Gasteiger partial charge in [-0.25, -0.2) is 0 Å². The van der Waals surface area contributed by atoms with E-state index in [2.05, 4.69) is 15.0 Å². The maximum atomic E-state index is 12.7. The average Bonchev–Trinajstić information content (AvgIpc) is 2.67. The Morgan fingerprint density at radius 1 is 1.14 bits per heavy atom. The highest BCUT2D eigenvalue weighted by Gasteiger charge is 2.21. The molecule has 0 aromatic heterocycles. The highest BCUT2D eigenvalue weighted by molar-refractivity contribution is 7.80. The van der Waals surface area contributed by atoms with Crippen LogP contribution in [0.5, 0.6) is 5.75 Å².